The summed E-state index contributed by atoms with van der Waals surface area (Å²) in [5, 5.41) is 37.8. The van der Waals surface area contributed by atoms with Gasteiger partial charge in [-0.15, -0.1) is 0 Å². The van der Waals surface area contributed by atoms with Crippen LogP contribution in [0.1, 0.15) is 30.4 Å². The number of hydrogen-bond donors (Lipinski definition) is 7. The maximum absolute atomic E-state index is 13.4. The van der Waals surface area contributed by atoms with Crippen molar-refractivity contribution in [3.05, 3.63) is 77.2 Å². The van der Waals surface area contributed by atoms with Gasteiger partial charge in [0.15, 0.2) is 9.84 Å². The Hall–Kier alpha value is -5.45. The van der Waals surface area contributed by atoms with Crippen LogP contribution in [-0.4, -0.2) is 90.4 Å². The number of benzene rings is 2. The van der Waals surface area contributed by atoms with Crippen molar-refractivity contribution in [1.29, 1.82) is 0 Å². The van der Waals surface area contributed by atoms with E-state index in [1.165, 1.54) is 24.3 Å². The number of carbonyl (C=O) groups is 6. The summed E-state index contributed by atoms with van der Waals surface area (Å²) >= 11 is 0. The Morgan fingerprint density at radius 1 is 0.830 bits per heavy atom. The Kier molecular flexibility index (Phi) is 14.9. The van der Waals surface area contributed by atoms with Crippen LogP contribution >= 0.6 is 0 Å². The third kappa shape index (κ3) is 15.9. The molecule has 2 aromatic rings. The molecule has 0 bridgehead atoms. The first-order valence-corrected chi connectivity index (χ1v) is 16.0. The molecule has 47 heavy (non-hydrogen) atoms. The quantitative estimate of drug-likeness (QED) is 0.112. The van der Waals surface area contributed by atoms with Gasteiger partial charge in [0, 0.05) is 24.5 Å². The average molecular weight is 677 g/mol. The number of sulfone groups is 1. The molecule has 2 unspecified atom stereocenters. The molecule has 2 rings (SSSR count). The van der Waals surface area contributed by atoms with E-state index < -0.39 is 89.5 Å². The number of phenolic OH excluding ortho intramolecular Hbond substituents is 1. The lowest BCUT2D eigenvalue weighted by Gasteiger charge is -2.23. The molecule has 0 radical (unpaired) electrons. The van der Waals surface area contributed by atoms with E-state index in [9.17, 15) is 47.4 Å². The summed E-state index contributed by atoms with van der Waals surface area (Å²) in [5.74, 6) is -5.43. The molecule has 7 N–H and O–H groups in total. The number of aromatic hydroxyl groups is 1. The van der Waals surface area contributed by atoms with Gasteiger partial charge >= 0.3 is 18.0 Å². The molecule has 0 fully saturated rings. The van der Waals surface area contributed by atoms with Crippen molar-refractivity contribution in [1.82, 2.24) is 21.3 Å². The Balaban J connectivity index is 2.15. The number of alkyl carbamates (subject to hydrolysis) is 1. The van der Waals surface area contributed by atoms with Crippen LogP contribution in [0.15, 0.2) is 66.1 Å². The molecule has 2 aromatic carbocycles. The van der Waals surface area contributed by atoms with E-state index in [-0.39, 0.29) is 18.8 Å². The van der Waals surface area contributed by atoms with Crippen molar-refractivity contribution in [2.75, 3.05) is 12.8 Å². The van der Waals surface area contributed by atoms with Crippen LogP contribution in [0.2, 0.25) is 0 Å². The van der Waals surface area contributed by atoms with Crippen LogP contribution < -0.4 is 21.3 Å². The zero-order valence-electron chi connectivity index (χ0n) is 25.2. The van der Waals surface area contributed by atoms with Gasteiger partial charge in [-0.1, -0.05) is 48.5 Å². The molecule has 3 atom stereocenters. The summed E-state index contributed by atoms with van der Waals surface area (Å²) < 4.78 is 28.0. The lowest BCUT2D eigenvalue weighted by atomic mass is 10.0. The third-order valence-electron chi connectivity index (χ3n) is 6.20. The van der Waals surface area contributed by atoms with E-state index in [1.807, 2.05) is 0 Å². The zero-order chi connectivity index (χ0) is 35.0. The van der Waals surface area contributed by atoms with Gasteiger partial charge in [-0.25, -0.2) is 13.2 Å². The second-order valence-corrected chi connectivity index (χ2v) is 12.2. The van der Waals surface area contributed by atoms with Crippen molar-refractivity contribution >= 4 is 45.6 Å². The molecular formula is C30H36N4O12S. The molecule has 0 heterocycles. The summed E-state index contributed by atoms with van der Waals surface area (Å²) in [6, 6.07) is 10.4. The highest BCUT2D eigenvalue weighted by molar-refractivity contribution is 7.93. The Morgan fingerprint density at radius 2 is 1.49 bits per heavy atom. The number of carbonyl (C=O) groups excluding carboxylic acids is 4. The Labute approximate surface area is 270 Å². The summed E-state index contributed by atoms with van der Waals surface area (Å²) in [7, 11) is -3.63. The summed E-state index contributed by atoms with van der Waals surface area (Å²) in [6.45, 7) is -0.842. The monoisotopic (exact) mass is 676 g/mol. The standard InChI is InChI=1S/C30H36N4O12S/c1-47(44,45)14-13-21(16-27(39)40)32-25(36)17-31-28(41)23(11-12-26(37)38)33-29(42)24(15-19-7-9-22(35)10-8-19)34-30(43)46-18-20-5-3-2-4-6-20/h2-10,13-14,21,23-24,35H,11-12,15-18H2,1H3,(H,31,41)(H,32,36)(H,33,42)(H,34,43)(H,37,38)(H,39,40)/b14-13+/t21?,23?,24-/m0/s1. The second kappa shape index (κ2) is 18.5. The maximum Gasteiger partial charge on any atom is 0.408 e. The number of rotatable bonds is 18. The van der Waals surface area contributed by atoms with Crippen molar-refractivity contribution in [2.24, 2.45) is 0 Å². The second-order valence-electron chi connectivity index (χ2n) is 10.3. The third-order valence-corrected chi connectivity index (χ3v) is 6.85. The molecule has 0 aromatic heterocycles. The van der Waals surface area contributed by atoms with Gasteiger partial charge in [0.05, 0.1) is 19.0 Å². The lowest BCUT2D eigenvalue weighted by molar-refractivity contribution is -0.139. The Bertz CT molecular complexity index is 1550. The maximum atomic E-state index is 13.4. The summed E-state index contributed by atoms with van der Waals surface area (Å²) in [5.41, 5.74) is 1.19. The highest BCUT2D eigenvalue weighted by Crippen LogP contribution is 2.12. The van der Waals surface area contributed by atoms with Crippen LogP contribution in [0.4, 0.5) is 4.79 Å². The molecule has 16 nitrogen and oxygen atoms in total. The van der Waals surface area contributed by atoms with Crippen LogP contribution in [0.3, 0.4) is 0 Å². The van der Waals surface area contributed by atoms with Crippen molar-refractivity contribution < 1.29 is 57.2 Å². The number of amides is 4. The predicted molar refractivity (Wildman–Crippen MR) is 165 cm³/mol. The fourth-order valence-corrected chi connectivity index (χ4v) is 4.41. The minimum absolute atomic E-state index is 0.0416. The van der Waals surface area contributed by atoms with Gasteiger partial charge in [-0.05, 0) is 29.7 Å². The van der Waals surface area contributed by atoms with Crippen molar-refractivity contribution in [2.45, 2.75) is 50.4 Å². The molecule has 0 saturated carbocycles. The molecule has 0 spiro atoms. The number of carboxylic acids is 2. The topological polar surface area (TPSA) is 255 Å². The Morgan fingerprint density at radius 3 is 2.09 bits per heavy atom. The van der Waals surface area contributed by atoms with E-state index in [2.05, 4.69) is 21.3 Å². The largest absolute Gasteiger partial charge is 0.508 e. The van der Waals surface area contributed by atoms with Crippen LogP contribution in [0.25, 0.3) is 0 Å². The number of ether oxygens (including phenoxy) is 1. The first-order chi connectivity index (χ1) is 22.1. The summed E-state index contributed by atoms with van der Waals surface area (Å²) in [6.07, 6.45) is -0.871. The number of nitrogens with one attached hydrogen (secondary N) is 4. The lowest BCUT2D eigenvalue weighted by Crippen LogP contribution is -2.55. The highest BCUT2D eigenvalue weighted by atomic mass is 32.2. The molecule has 4 amide bonds. The first-order valence-electron chi connectivity index (χ1n) is 14.1. The average Bonchev–Trinajstić information content (AvgIpc) is 3.00. The van der Waals surface area contributed by atoms with Crippen LogP contribution in [0.5, 0.6) is 5.75 Å². The van der Waals surface area contributed by atoms with Gasteiger partial charge in [0.1, 0.15) is 24.4 Å². The fourth-order valence-electron chi connectivity index (χ4n) is 3.93. The minimum Gasteiger partial charge on any atom is -0.508 e. The molecular weight excluding hydrogens is 640 g/mol. The van der Waals surface area contributed by atoms with E-state index >= 15 is 0 Å². The highest BCUT2D eigenvalue weighted by Gasteiger charge is 2.28. The van der Waals surface area contributed by atoms with Crippen molar-refractivity contribution in [3.8, 4) is 5.75 Å². The van der Waals surface area contributed by atoms with Crippen LogP contribution in [0, 0.1) is 0 Å². The molecule has 254 valence electrons. The zero-order valence-corrected chi connectivity index (χ0v) is 26.1. The number of aliphatic carboxylic acids is 2. The number of carboxylic acid groups (broad SMARTS) is 2. The molecule has 0 aliphatic heterocycles. The SMILES string of the molecule is CS(=O)(=O)/C=C/C(CC(=O)O)NC(=O)CNC(=O)C(CCC(=O)O)NC(=O)[C@H](Cc1ccc(O)cc1)NC(=O)OCc1ccccc1. The first kappa shape index (κ1) is 37.7. The number of phenols is 1. The van der Waals surface area contributed by atoms with Gasteiger partial charge in [0.25, 0.3) is 0 Å². The molecule has 0 aliphatic carbocycles. The fraction of sp³-hybridized carbons (Fsp3) is 0.333. The minimum atomic E-state index is -3.63. The smallest absolute Gasteiger partial charge is 0.408 e. The van der Waals surface area contributed by atoms with E-state index in [4.69, 9.17) is 9.84 Å². The van der Waals surface area contributed by atoms with Gasteiger partial charge in [-0.2, -0.15) is 0 Å². The summed E-state index contributed by atoms with van der Waals surface area (Å²) in [4.78, 5) is 73.8. The van der Waals surface area contributed by atoms with E-state index in [1.54, 1.807) is 30.3 Å². The molecule has 0 saturated heterocycles. The normalized spacial score (nSPS) is 13.0. The van der Waals surface area contributed by atoms with Crippen molar-refractivity contribution in [3.63, 3.8) is 0 Å². The van der Waals surface area contributed by atoms with E-state index in [0.29, 0.717) is 11.1 Å². The molecule has 17 heteroatoms. The van der Waals surface area contributed by atoms with E-state index in [0.717, 1.165) is 17.7 Å². The van der Waals surface area contributed by atoms with Crippen LogP contribution in [-0.2, 0) is 51.6 Å². The predicted octanol–water partition coefficient (Wildman–Crippen LogP) is 0.213. The van der Waals surface area contributed by atoms with Gasteiger partial charge in [-0.3, -0.25) is 24.0 Å². The van der Waals surface area contributed by atoms with Gasteiger partial charge in [0.2, 0.25) is 17.7 Å². The van der Waals surface area contributed by atoms with Gasteiger partial charge < -0.3 is 41.3 Å². The molecule has 0 aliphatic rings. The number of hydrogen-bond acceptors (Lipinski definition) is 10.